The van der Waals surface area contributed by atoms with Gasteiger partial charge in [0.2, 0.25) is 5.43 Å². The molecule has 0 radical (unpaired) electrons. The molecule has 0 saturated heterocycles. The lowest BCUT2D eigenvalue weighted by atomic mass is 10.0. The molecule has 2 nitrogen and oxygen atoms in total. The van der Waals surface area contributed by atoms with Crippen LogP contribution in [0.25, 0.3) is 22.1 Å². The zero-order valence-electron chi connectivity index (χ0n) is 9.69. The lowest BCUT2D eigenvalue weighted by molar-refractivity contribution is 0.593. The Morgan fingerprint density at radius 3 is 2.58 bits per heavy atom. The van der Waals surface area contributed by atoms with E-state index < -0.39 is 11.6 Å². The van der Waals surface area contributed by atoms with Crippen LogP contribution in [-0.2, 0) is 0 Å². The van der Waals surface area contributed by atoms with Gasteiger partial charge in [0.05, 0.1) is 10.9 Å². The summed E-state index contributed by atoms with van der Waals surface area (Å²) in [6, 6.07) is 9.61. The van der Waals surface area contributed by atoms with Gasteiger partial charge < -0.3 is 4.42 Å². The predicted molar refractivity (Wildman–Crippen MR) is 67.8 cm³/mol. The largest absolute Gasteiger partial charge is 0.463 e. The summed E-state index contributed by atoms with van der Waals surface area (Å²) in [6.45, 7) is 0. The summed E-state index contributed by atoms with van der Waals surface area (Å²) in [5.74, 6) is -1.27. The van der Waals surface area contributed by atoms with Gasteiger partial charge in [0.15, 0.2) is 0 Å². The van der Waals surface area contributed by atoms with Crippen LogP contribution in [0.2, 0.25) is 0 Å². The molecule has 0 atom stereocenters. The first-order chi connectivity index (χ1) is 9.16. The number of halogens is 2. The zero-order chi connectivity index (χ0) is 13.4. The number of hydrogen-bond acceptors (Lipinski definition) is 2. The van der Waals surface area contributed by atoms with Gasteiger partial charge in [0.1, 0.15) is 23.5 Å². The van der Waals surface area contributed by atoms with Gasteiger partial charge in [-0.05, 0) is 30.3 Å². The lowest BCUT2D eigenvalue weighted by Gasteiger charge is -2.04. The highest BCUT2D eigenvalue weighted by Crippen LogP contribution is 2.23. The Balaban J connectivity index is 2.35. The summed E-state index contributed by atoms with van der Waals surface area (Å²) >= 11 is 0. The zero-order valence-corrected chi connectivity index (χ0v) is 9.69. The van der Waals surface area contributed by atoms with Crippen LogP contribution in [0.15, 0.2) is 57.9 Å². The van der Waals surface area contributed by atoms with E-state index in [4.69, 9.17) is 4.42 Å². The second-order valence-electron chi connectivity index (χ2n) is 4.10. The average molecular weight is 258 g/mol. The molecule has 0 unspecified atom stereocenters. The summed E-state index contributed by atoms with van der Waals surface area (Å²) < 4.78 is 32.2. The third kappa shape index (κ3) is 1.91. The van der Waals surface area contributed by atoms with Crippen LogP contribution in [0.1, 0.15) is 0 Å². The summed E-state index contributed by atoms with van der Waals surface area (Å²) in [6.07, 6.45) is 1.16. The van der Waals surface area contributed by atoms with E-state index in [1.807, 2.05) is 0 Å². The van der Waals surface area contributed by atoms with Gasteiger partial charge in [0, 0.05) is 5.56 Å². The van der Waals surface area contributed by atoms with Gasteiger partial charge in [-0.25, -0.2) is 8.78 Å². The topological polar surface area (TPSA) is 30.2 Å². The first kappa shape index (κ1) is 11.6. The third-order valence-corrected chi connectivity index (χ3v) is 2.90. The Morgan fingerprint density at radius 2 is 1.74 bits per heavy atom. The SMILES string of the molecule is O=c1c(-c2cc(F)ccc2F)coc2ccccc12. The van der Waals surface area contributed by atoms with E-state index in [0.29, 0.717) is 11.0 Å². The maximum Gasteiger partial charge on any atom is 0.200 e. The highest BCUT2D eigenvalue weighted by molar-refractivity contribution is 5.81. The molecule has 0 aliphatic heterocycles. The van der Waals surface area contributed by atoms with E-state index in [1.165, 1.54) is 0 Å². The number of hydrogen-bond donors (Lipinski definition) is 0. The van der Waals surface area contributed by atoms with Gasteiger partial charge in [-0.1, -0.05) is 12.1 Å². The molecular formula is C15H8F2O2. The predicted octanol–water partition coefficient (Wildman–Crippen LogP) is 3.74. The van der Waals surface area contributed by atoms with E-state index >= 15 is 0 Å². The average Bonchev–Trinajstić information content (AvgIpc) is 2.43. The number of para-hydroxylation sites is 1. The van der Waals surface area contributed by atoms with E-state index in [0.717, 1.165) is 24.5 Å². The van der Waals surface area contributed by atoms with Crippen LogP contribution in [0, 0.1) is 11.6 Å². The van der Waals surface area contributed by atoms with Gasteiger partial charge >= 0.3 is 0 Å². The molecule has 4 heteroatoms. The van der Waals surface area contributed by atoms with Crippen LogP contribution >= 0.6 is 0 Å². The fourth-order valence-electron chi connectivity index (χ4n) is 1.97. The number of rotatable bonds is 1. The van der Waals surface area contributed by atoms with Crippen molar-refractivity contribution < 1.29 is 13.2 Å². The van der Waals surface area contributed by atoms with Crippen molar-refractivity contribution in [3.05, 3.63) is 70.6 Å². The maximum atomic E-state index is 13.7. The molecule has 3 aromatic rings. The molecule has 3 rings (SSSR count). The smallest absolute Gasteiger partial charge is 0.200 e. The summed E-state index contributed by atoms with van der Waals surface area (Å²) in [5.41, 5.74) is -0.0605. The van der Waals surface area contributed by atoms with Crippen molar-refractivity contribution in [1.29, 1.82) is 0 Å². The molecule has 0 bridgehead atoms. The van der Waals surface area contributed by atoms with Gasteiger partial charge in [-0.15, -0.1) is 0 Å². The van der Waals surface area contributed by atoms with Crippen molar-refractivity contribution in [2.24, 2.45) is 0 Å². The van der Waals surface area contributed by atoms with E-state index in [9.17, 15) is 13.6 Å². The number of fused-ring (bicyclic) bond motifs is 1. The van der Waals surface area contributed by atoms with Gasteiger partial charge in [-0.3, -0.25) is 4.79 Å². The van der Waals surface area contributed by atoms with Crippen molar-refractivity contribution in [3.8, 4) is 11.1 Å². The van der Waals surface area contributed by atoms with E-state index in [-0.39, 0.29) is 16.6 Å². The molecule has 0 aliphatic carbocycles. The third-order valence-electron chi connectivity index (χ3n) is 2.90. The number of benzene rings is 2. The molecular weight excluding hydrogens is 250 g/mol. The van der Waals surface area contributed by atoms with Crippen LogP contribution in [-0.4, -0.2) is 0 Å². The van der Waals surface area contributed by atoms with Crippen molar-refractivity contribution >= 4 is 11.0 Å². The van der Waals surface area contributed by atoms with Gasteiger partial charge in [-0.2, -0.15) is 0 Å². The fourth-order valence-corrected chi connectivity index (χ4v) is 1.97. The van der Waals surface area contributed by atoms with Crippen LogP contribution in [0.5, 0.6) is 0 Å². The molecule has 0 fully saturated rings. The molecule has 0 N–H and O–H groups in total. The van der Waals surface area contributed by atoms with Gasteiger partial charge in [0.25, 0.3) is 0 Å². The van der Waals surface area contributed by atoms with Crippen LogP contribution in [0.4, 0.5) is 8.78 Å². The van der Waals surface area contributed by atoms with Crippen LogP contribution < -0.4 is 5.43 Å². The standard InChI is InChI=1S/C15H8F2O2/c16-9-5-6-13(17)11(7-9)12-8-19-14-4-2-1-3-10(14)15(12)18/h1-8H. The minimum absolute atomic E-state index is 0.00991. The molecule has 2 aromatic carbocycles. The summed E-state index contributed by atoms with van der Waals surface area (Å²) in [4.78, 5) is 12.2. The molecule has 0 amide bonds. The molecule has 1 heterocycles. The quantitative estimate of drug-likeness (QED) is 0.665. The first-order valence-corrected chi connectivity index (χ1v) is 5.63. The Morgan fingerprint density at radius 1 is 0.947 bits per heavy atom. The normalized spacial score (nSPS) is 10.8. The summed E-state index contributed by atoms with van der Waals surface area (Å²) in [7, 11) is 0. The van der Waals surface area contributed by atoms with E-state index in [2.05, 4.69) is 0 Å². The molecule has 0 spiro atoms. The first-order valence-electron chi connectivity index (χ1n) is 5.63. The van der Waals surface area contributed by atoms with Crippen molar-refractivity contribution in [2.75, 3.05) is 0 Å². The second-order valence-corrected chi connectivity index (χ2v) is 4.10. The Kier molecular flexibility index (Phi) is 2.63. The molecule has 0 aliphatic rings. The summed E-state index contributed by atoms with van der Waals surface area (Å²) in [5, 5.41) is 0.337. The maximum absolute atomic E-state index is 13.7. The molecule has 19 heavy (non-hydrogen) atoms. The van der Waals surface area contributed by atoms with Crippen LogP contribution in [0.3, 0.4) is 0 Å². The minimum Gasteiger partial charge on any atom is -0.463 e. The Bertz CT molecular complexity index is 822. The fraction of sp³-hybridized carbons (Fsp3) is 0. The molecule has 0 saturated carbocycles. The minimum atomic E-state index is -0.663. The second kappa shape index (κ2) is 4.31. The lowest BCUT2D eigenvalue weighted by Crippen LogP contribution is -2.05. The highest BCUT2D eigenvalue weighted by atomic mass is 19.1. The Hall–Kier alpha value is -2.49. The molecule has 94 valence electrons. The van der Waals surface area contributed by atoms with Crippen molar-refractivity contribution in [2.45, 2.75) is 0 Å². The monoisotopic (exact) mass is 258 g/mol. The van der Waals surface area contributed by atoms with Crippen molar-refractivity contribution in [1.82, 2.24) is 0 Å². The van der Waals surface area contributed by atoms with E-state index in [1.54, 1.807) is 24.3 Å². The molecule has 1 aromatic heterocycles. The highest BCUT2D eigenvalue weighted by Gasteiger charge is 2.13. The van der Waals surface area contributed by atoms with Crippen molar-refractivity contribution in [3.63, 3.8) is 0 Å². The Labute approximate surface area is 106 Å².